The van der Waals surface area contributed by atoms with Crippen LogP contribution in [0.2, 0.25) is 0 Å². The summed E-state index contributed by atoms with van der Waals surface area (Å²) in [5.74, 6) is 0.354. The maximum Gasteiger partial charge on any atom is 0.415 e. The van der Waals surface area contributed by atoms with Crippen LogP contribution in [0.1, 0.15) is 39.3 Å². The van der Waals surface area contributed by atoms with Gasteiger partial charge in [-0.25, -0.2) is 13.2 Å². The molecule has 0 radical (unpaired) electrons. The lowest BCUT2D eigenvalue weighted by atomic mass is 10.0. The van der Waals surface area contributed by atoms with E-state index in [1.54, 1.807) is 18.7 Å². The van der Waals surface area contributed by atoms with Gasteiger partial charge in [0.25, 0.3) is 0 Å². The molecule has 1 fully saturated rings. The normalized spacial score (nSPS) is 15.6. The highest BCUT2D eigenvalue weighted by atomic mass is 32.2. The molecule has 1 heterocycles. The SMILES string of the molecule is CCN(CC)C(=O)C(c1ccccc1)N1CCN(C(=O)Oc2ccc(S(=O)(=O)C(C)C)cc2)CC1. The first-order valence-corrected chi connectivity index (χ1v) is 13.6. The third-order valence-corrected chi connectivity index (χ3v) is 8.51. The fourth-order valence-electron chi connectivity index (χ4n) is 4.15. The number of hydrogen-bond acceptors (Lipinski definition) is 6. The number of likely N-dealkylation sites (N-methyl/N-ethyl adjacent to an activating group) is 1. The summed E-state index contributed by atoms with van der Waals surface area (Å²) in [6.07, 6.45) is -0.490. The van der Waals surface area contributed by atoms with E-state index in [1.807, 2.05) is 49.1 Å². The molecule has 9 heteroatoms. The molecule has 1 unspecified atom stereocenters. The van der Waals surface area contributed by atoms with Crippen molar-refractivity contribution in [2.75, 3.05) is 39.3 Å². The lowest BCUT2D eigenvalue weighted by Gasteiger charge is -2.39. The molecule has 1 saturated heterocycles. The Morgan fingerprint density at radius 3 is 2.00 bits per heavy atom. The molecule has 2 amide bonds. The van der Waals surface area contributed by atoms with E-state index in [2.05, 4.69) is 4.90 Å². The number of carbonyl (C=O) groups is 2. The molecule has 1 aliphatic heterocycles. The lowest BCUT2D eigenvalue weighted by Crippen LogP contribution is -2.53. The number of nitrogens with zero attached hydrogens (tertiary/aromatic N) is 3. The molecule has 0 saturated carbocycles. The summed E-state index contributed by atoms with van der Waals surface area (Å²) in [6, 6.07) is 15.2. The quantitative estimate of drug-likeness (QED) is 0.549. The third kappa shape index (κ3) is 6.21. The molecule has 35 heavy (non-hydrogen) atoms. The van der Waals surface area contributed by atoms with Crippen molar-refractivity contribution in [3.63, 3.8) is 0 Å². The highest BCUT2D eigenvalue weighted by Gasteiger charge is 2.34. The smallest absolute Gasteiger partial charge is 0.410 e. The predicted octanol–water partition coefficient (Wildman–Crippen LogP) is 3.59. The standard InChI is InChI=1S/C26H35N3O5S/c1-5-27(6-2)25(30)24(21-10-8-7-9-11-21)28-16-18-29(19-17-28)26(31)34-22-12-14-23(15-13-22)35(32,33)20(3)4/h7-15,20,24H,5-6,16-19H2,1-4H3. The predicted molar refractivity (Wildman–Crippen MR) is 135 cm³/mol. The van der Waals surface area contributed by atoms with E-state index < -0.39 is 27.2 Å². The fraction of sp³-hybridized carbons (Fsp3) is 0.462. The fourth-order valence-corrected chi connectivity index (χ4v) is 5.21. The Labute approximate surface area is 208 Å². The molecule has 2 aromatic rings. The molecule has 0 spiro atoms. The number of amides is 2. The van der Waals surface area contributed by atoms with Crippen molar-refractivity contribution in [3.05, 3.63) is 60.2 Å². The van der Waals surface area contributed by atoms with Crippen LogP contribution in [0, 0.1) is 0 Å². The summed E-state index contributed by atoms with van der Waals surface area (Å²) >= 11 is 0. The van der Waals surface area contributed by atoms with Crippen molar-refractivity contribution >= 4 is 21.8 Å². The number of piperazine rings is 1. The number of sulfone groups is 1. The summed E-state index contributed by atoms with van der Waals surface area (Å²) in [5.41, 5.74) is 0.942. The van der Waals surface area contributed by atoms with E-state index in [0.717, 1.165) is 5.56 Å². The van der Waals surface area contributed by atoms with E-state index in [0.29, 0.717) is 45.0 Å². The van der Waals surface area contributed by atoms with Gasteiger partial charge in [0.1, 0.15) is 11.8 Å². The number of ether oxygens (including phenoxy) is 1. The topological polar surface area (TPSA) is 87.2 Å². The first-order valence-electron chi connectivity index (χ1n) is 12.1. The van der Waals surface area contributed by atoms with E-state index in [9.17, 15) is 18.0 Å². The van der Waals surface area contributed by atoms with Gasteiger partial charge in [-0.05, 0) is 57.5 Å². The Morgan fingerprint density at radius 2 is 1.49 bits per heavy atom. The number of hydrogen-bond donors (Lipinski definition) is 0. The van der Waals surface area contributed by atoms with Crippen LogP contribution >= 0.6 is 0 Å². The van der Waals surface area contributed by atoms with E-state index in [4.69, 9.17) is 4.74 Å². The van der Waals surface area contributed by atoms with Crippen LogP contribution in [0.25, 0.3) is 0 Å². The average Bonchev–Trinajstić information content (AvgIpc) is 2.86. The monoisotopic (exact) mass is 501 g/mol. The highest BCUT2D eigenvalue weighted by molar-refractivity contribution is 7.92. The average molecular weight is 502 g/mol. The van der Waals surface area contributed by atoms with Gasteiger partial charge < -0.3 is 14.5 Å². The Balaban J connectivity index is 1.65. The minimum Gasteiger partial charge on any atom is -0.410 e. The van der Waals surface area contributed by atoms with Crippen LogP contribution in [-0.4, -0.2) is 79.6 Å². The van der Waals surface area contributed by atoms with Gasteiger partial charge in [-0.2, -0.15) is 0 Å². The Bertz CT molecular complexity index is 1090. The van der Waals surface area contributed by atoms with E-state index in [1.165, 1.54) is 24.3 Å². The second-order valence-corrected chi connectivity index (χ2v) is 11.3. The minimum atomic E-state index is -3.38. The van der Waals surface area contributed by atoms with Gasteiger partial charge in [0.05, 0.1) is 10.1 Å². The molecule has 0 aromatic heterocycles. The van der Waals surface area contributed by atoms with Crippen molar-refractivity contribution in [3.8, 4) is 5.75 Å². The van der Waals surface area contributed by atoms with Gasteiger partial charge in [0.2, 0.25) is 5.91 Å². The number of rotatable bonds is 8. The summed E-state index contributed by atoms with van der Waals surface area (Å²) in [7, 11) is -3.38. The van der Waals surface area contributed by atoms with Crippen molar-refractivity contribution in [1.29, 1.82) is 0 Å². The van der Waals surface area contributed by atoms with Gasteiger partial charge in [-0.15, -0.1) is 0 Å². The molecule has 190 valence electrons. The van der Waals surface area contributed by atoms with Crippen LogP contribution in [0.5, 0.6) is 5.75 Å². The molecule has 3 rings (SSSR count). The second kappa shape index (κ2) is 11.7. The van der Waals surface area contributed by atoms with Gasteiger partial charge >= 0.3 is 6.09 Å². The van der Waals surface area contributed by atoms with Gasteiger partial charge in [0, 0.05) is 39.3 Å². The first-order chi connectivity index (χ1) is 16.7. The minimum absolute atomic E-state index is 0.0636. The molecule has 0 aliphatic carbocycles. The zero-order valence-corrected chi connectivity index (χ0v) is 21.7. The van der Waals surface area contributed by atoms with Crippen LogP contribution in [0.4, 0.5) is 4.79 Å². The molecular weight excluding hydrogens is 466 g/mol. The van der Waals surface area contributed by atoms with E-state index >= 15 is 0 Å². The first kappa shape index (κ1) is 26.7. The number of carbonyl (C=O) groups excluding carboxylic acids is 2. The third-order valence-electron chi connectivity index (χ3n) is 6.34. The molecule has 0 N–H and O–H groups in total. The van der Waals surface area contributed by atoms with Crippen LogP contribution in [-0.2, 0) is 14.6 Å². The van der Waals surface area contributed by atoms with Crippen molar-refractivity contribution in [2.45, 2.75) is 43.9 Å². The van der Waals surface area contributed by atoms with Crippen molar-refractivity contribution in [1.82, 2.24) is 14.7 Å². The second-order valence-electron chi connectivity index (χ2n) is 8.78. The molecule has 0 bridgehead atoms. The summed E-state index contributed by atoms with van der Waals surface area (Å²) in [4.78, 5) is 31.8. The maximum absolute atomic E-state index is 13.3. The van der Waals surface area contributed by atoms with Gasteiger partial charge in [0.15, 0.2) is 9.84 Å². The zero-order valence-electron chi connectivity index (χ0n) is 20.9. The van der Waals surface area contributed by atoms with Crippen molar-refractivity contribution < 1.29 is 22.7 Å². The largest absolute Gasteiger partial charge is 0.415 e. The Morgan fingerprint density at radius 1 is 0.914 bits per heavy atom. The van der Waals surface area contributed by atoms with Crippen LogP contribution in [0.3, 0.4) is 0 Å². The Hall–Kier alpha value is -2.91. The van der Waals surface area contributed by atoms with Gasteiger partial charge in [-0.3, -0.25) is 9.69 Å². The molecule has 8 nitrogen and oxygen atoms in total. The van der Waals surface area contributed by atoms with Crippen LogP contribution in [0.15, 0.2) is 59.5 Å². The molecule has 2 aromatic carbocycles. The van der Waals surface area contributed by atoms with Crippen LogP contribution < -0.4 is 4.74 Å². The summed E-state index contributed by atoms with van der Waals surface area (Å²) in [5, 5.41) is -0.527. The zero-order chi connectivity index (χ0) is 25.6. The summed E-state index contributed by atoms with van der Waals surface area (Å²) in [6.45, 7) is 10.4. The summed E-state index contributed by atoms with van der Waals surface area (Å²) < 4.78 is 30.0. The molecule has 1 aliphatic rings. The molecule has 1 atom stereocenters. The van der Waals surface area contributed by atoms with E-state index in [-0.39, 0.29) is 10.8 Å². The lowest BCUT2D eigenvalue weighted by molar-refractivity contribution is -0.137. The Kier molecular flexibility index (Phi) is 8.91. The highest BCUT2D eigenvalue weighted by Crippen LogP contribution is 2.25. The molecular formula is C26H35N3O5S. The number of benzene rings is 2. The van der Waals surface area contributed by atoms with Gasteiger partial charge in [-0.1, -0.05) is 30.3 Å². The van der Waals surface area contributed by atoms with Crippen molar-refractivity contribution in [2.24, 2.45) is 0 Å². The maximum atomic E-state index is 13.3.